The topological polar surface area (TPSA) is 52.9 Å². The molecule has 2 heterocycles. The molecule has 1 aliphatic carbocycles. The largest absolute Gasteiger partial charge is 0.481 e. The number of amidine groups is 1. The van der Waals surface area contributed by atoms with Crippen molar-refractivity contribution in [3.8, 4) is 0 Å². The minimum Gasteiger partial charge on any atom is -0.481 e. The molecule has 0 bridgehead atoms. The summed E-state index contributed by atoms with van der Waals surface area (Å²) in [6, 6.07) is 0. The Balaban J connectivity index is 1.99. The van der Waals surface area contributed by atoms with Crippen molar-refractivity contribution in [1.29, 1.82) is 0 Å². The van der Waals surface area contributed by atoms with E-state index < -0.39 is 5.97 Å². The quantitative estimate of drug-likeness (QED) is 0.756. The molecule has 2 aliphatic heterocycles. The first kappa shape index (κ1) is 9.96. The summed E-state index contributed by atoms with van der Waals surface area (Å²) in [7, 11) is 0. The number of aliphatic carboxylic acids is 1. The van der Waals surface area contributed by atoms with Gasteiger partial charge in [-0.2, -0.15) is 0 Å². The van der Waals surface area contributed by atoms with Crippen molar-refractivity contribution in [2.45, 2.75) is 19.3 Å². The Labute approximate surface area is 97.7 Å². The molecule has 0 aromatic heterocycles. The van der Waals surface area contributed by atoms with Gasteiger partial charge in [-0.05, 0) is 25.3 Å². The number of carboxylic acid groups (broad SMARTS) is 1. The molecule has 5 heteroatoms. The highest BCUT2D eigenvalue weighted by atomic mass is 32.2. The van der Waals surface area contributed by atoms with Crippen molar-refractivity contribution >= 4 is 22.9 Å². The minimum atomic E-state index is -0.705. The van der Waals surface area contributed by atoms with E-state index in [-0.39, 0.29) is 5.92 Å². The van der Waals surface area contributed by atoms with Crippen molar-refractivity contribution in [3.05, 3.63) is 22.9 Å². The van der Waals surface area contributed by atoms with Gasteiger partial charge in [0.2, 0.25) is 0 Å². The zero-order chi connectivity index (χ0) is 11.1. The standard InChI is InChI=1S/C11H12N2O2S/c14-10(15)7-3-1-4-8-9(7)13-6-2-5-12-11(13)16-8/h2,5,7H,1,3-4,6H2,(H,14,15). The van der Waals surface area contributed by atoms with Gasteiger partial charge < -0.3 is 10.0 Å². The van der Waals surface area contributed by atoms with Crippen molar-refractivity contribution in [2.24, 2.45) is 10.9 Å². The van der Waals surface area contributed by atoms with E-state index in [2.05, 4.69) is 9.89 Å². The predicted octanol–water partition coefficient (Wildman–Crippen LogP) is 2.01. The number of carbonyl (C=O) groups is 1. The number of hydrogen-bond donors (Lipinski definition) is 1. The van der Waals surface area contributed by atoms with Crippen LogP contribution in [0.1, 0.15) is 19.3 Å². The molecule has 84 valence electrons. The lowest BCUT2D eigenvalue weighted by molar-refractivity contribution is -0.141. The summed E-state index contributed by atoms with van der Waals surface area (Å²) < 4.78 is 0. The normalized spacial score (nSPS) is 27.6. The highest BCUT2D eigenvalue weighted by Crippen LogP contribution is 2.45. The van der Waals surface area contributed by atoms with Crippen LogP contribution in [0.15, 0.2) is 27.9 Å². The number of thioether (sulfide) groups is 1. The van der Waals surface area contributed by atoms with Crippen LogP contribution in [-0.4, -0.2) is 27.7 Å². The Morgan fingerprint density at radius 3 is 3.31 bits per heavy atom. The van der Waals surface area contributed by atoms with E-state index in [1.165, 1.54) is 4.91 Å². The highest BCUT2D eigenvalue weighted by molar-refractivity contribution is 8.17. The second-order valence-corrected chi connectivity index (χ2v) is 5.16. The maximum absolute atomic E-state index is 11.2. The first-order valence-corrected chi connectivity index (χ1v) is 6.23. The molecular weight excluding hydrogens is 224 g/mol. The Bertz CT molecular complexity index is 439. The molecule has 1 atom stereocenters. The molecular formula is C11H12N2O2S. The molecule has 0 saturated carbocycles. The van der Waals surface area contributed by atoms with Crippen LogP contribution in [0.3, 0.4) is 0 Å². The Kier molecular flexibility index (Phi) is 2.28. The van der Waals surface area contributed by atoms with Crippen molar-refractivity contribution in [3.63, 3.8) is 0 Å². The predicted molar refractivity (Wildman–Crippen MR) is 62.9 cm³/mol. The van der Waals surface area contributed by atoms with E-state index in [0.29, 0.717) is 0 Å². The Hall–Kier alpha value is -1.23. The van der Waals surface area contributed by atoms with Crippen molar-refractivity contribution < 1.29 is 9.90 Å². The number of carboxylic acids is 1. The maximum atomic E-state index is 11.2. The second-order valence-electron chi connectivity index (χ2n) is 4.10. The van der Waals surface area contributed by atoms with Crippen molar-refractivity contribution in [2.75, 3.05) is 6.54 Å². The van der Waals surface area contributed by atoms with Gasteiger partial charge in [-0.15, -0.1) is 0 Å². The van der Waals surface area contributed by atoms with Gasteiger partial charge in [0.1, 0.15) is 0 Å². The van der Waals surface area contributed by atoms with Crippen LogP contribution in [0.2, 0.25) is 0 Å². The smallest absolute Gasteiger partial charge is 0.312 e. The van der Waals surface area contributed by atoms with Gasteiger partial charge >= 0.3 is 5.97 Å². The molecule has 1 N–H and O–H groups in total. The summed E-state index contributed by atoms with van der Waals surface area (Å²) in [5.74, 6) is -1.04. The third-order valence-corrected chi connectivity index (χ3v) is 4.29. The van der Waals surface area contributed by atoms with Gasteiger partial charge in [-0.25, -0.2) is 4.99 Å². The number of hydrogen-bond acceptors (Lipinski definition) is 4. The van der Waals surface area contributed by atoms with Crippen LogP contribution in [0.25, 0.3) is 0 Å². The number of rotatable bonds is 1. The van der Waals surface area contributed by atoms with E-state index >= 15 is 0 Å². The molecule has 0 aromatic carbocycles. The molecule has 4 nitrogen and oxygen atoms in total. The SMILES string of the molecule is O=C(O)C1CCCC2=C1N1CC=CN=C1S2. The van der Waals surface area contributed by atoms with Gasteiger partial charge in [-0.1, -0.05) is 11.8 Å². The fourth-order valence-electron chi connectivity index (χ4n) is 2.42. The van der Waals surface area contributed by atoms with Gasteiger partial charge in [-0.3, -0.25) is 4.79 Å². The molecule has 0 amide bonds. The minimum absolute atomic E-state index is 0.338. The fourth-order valence-corrected chi connectivity index (χ4v) is 3.64. The summed E-state index contributed by atoms with van der Waals surface area (Å²) in [5, 5.41) is 10.2. The first-order chi connectivity index (χ1) is 7.77. The molecule has 0 saturated heterocycles. The summed E-state index contributed by atoms with van der Waals surface area (Å²) in [6.07, 6.45) is 6.49. The fraction of sp³-hybridized carbons (Fsp3) is 0.455. The molecule has 0 aromatic rings. The summed E-state index contributed by atoms with van der Waals surface area (Å²) in [5.41, 5.74) is 0.992. The molecule has 1 unspecified atom stereocenters. The van der Waals surface area contributed by atoms with Gasteiger partial charge in [0.25, 0.3) is 0 Å². The summed E-state index contributed by atoms with van der Waals surface area (Å²) in [6.45, 7) is 0.758. The van der Waals surface area contributed by atoms with E-state index in [4.69, 9.17) is 0 Å². The first-order valence-electron chi connectivity index (χ1n) is 5.41. The van der Waals surface area contributed by atoms with E-state index in [1.807, 2.05) is 6.08 Å². The summed E-state index contributed by atoms with van der Waals surface area (Å²) in [4.78, 5) is 18.8. The van der Waals surface area contributed by atoms with Crippen LogP contribution in [0.5, 0.6) is 0 Å². The zero-order valence-corrected chi connectivity index (χ0v) is 9.54. The lowest BCUT2D eigenvalue weighted by atomic mass is 9.91. The monoisotopic (exact) mass is 236 g/mol. The molecule has 16 heavy (non-hydrogen) atoms. The van der Waals surface area contributed by atoms with Crippen LogP contribution in [-0.2, 0) is 4.79 Å². The van der Waals surface area contributed by atoms with E-state index in [9.17, 15) is 9.90 Å². The van der Waals surface area contributed by atoms with Crippen LogP contribution < -0.4 is 0 Å². The van der Waals surface area contributed by atoms with Crippen LogP contribution in [0, 0.1) is 5.92 Å². The molecule has 0 fully saturated rings. The average molecular weight is 236 g/mol. The maximum Gasteiger partial charge on any atom is 0.312 e. The number of nitrogens with zero attached hydrogens (tertiary/aromatic N) is 2. The lowest BCUT2D eigenvalue weighted by Crippen LogP contribution is -2.33. The van der Waals surface area contributed by atoms with E-state index in [1.54, 1.807) is 18.0 Å². The summed E-state index contributed by atoms with van der Waals surface area (Å²) >= 11 is 1.64. The lowest BCUT2D eigenvalue weighted by Gasteiger charge is -2.28. The molecule has 3 aliphatic rings. The number of allylic oxidation sites excluding steroid dienone is 1. The second kappa shape index (κ2) is 3.66. The third kappa shape index (κ3) is 1.38. The van der Waals surface area contributed by atoms with Gasteiger partial charge in [0.15, 0.2) is 5.17 Å². The highest BCUT2D eigenvalue weighted by Gasteiger charge is 2.39. The van der Waals surface area contributed by atoms with E-state index in [0.717, 1.165) is 36.7 Å². The molecule has 3 rings (SSSR count). The zero-order valence-electron chi connectivity index (χ0n) is 8.72. The van der Waals surface area contributed by atoms with Crippen LogP contribution >= 0.6 is 11.8 Å². The third-order valence-electron chi connectivity index (χ3n) is 3.13. The average Bonchev–Trinajstić information content (AvgIpc) is 2.66. The van der Waals surface area contributed by atoms with Crippen LogP contribution in [0.4, 0.5) is 0 Å². The number of fused-ring (bicyclic) bond motifs is 2. The van der Waals surface area contributed by atoms with Gasteiger partial charge in [0.05, 0.1) is 5.92 Å². The Morgan fingerprint density at radius 1 is 1.62 bits per heavy atom. The number of aliphatic imine (C=N–C) groups is 1. The molecule has 0 radical (unpaired) electrons. The molecule has 0 spiro atoms. The Morgan fingerprint density at radius 2 is 2.50 bits per heavy atom. The van der Waals surface area contributed by atoms with Gasteiger partial charge in [0, 0.05) is 23.3 Å². The van der Waals surface area contributed by atoms with Crippen molar-refractivity contribution in [1.82, 2.24) is 4.90 Å².